The molecular formula is C20H22BrNO4. The molecule has 0 N–H and O–H groups in total. The number of nitrogens with zero attached hydrogens (tertiary/aromatic N) is 1. The molecule has 0 radical (unpaired) electrons. The number of likely N-dealkylation sites (N-methyl/N-ethyl adjacent to an activating group) is 1. The van der Waals surface area contributed by atoms with Crippen molar-refractivity contribution in [2.24, 2.45) is 0 Å². The Balaban J connectivity index is 1.73. The first-order valence-corrected chi connectivity index (χ1v) is 9.30. The van der Waals surface area contributed by atoms with E-state index in [1.54, 1.807) is 7.11 Å². The van der Waals surface area contributed by atoms with Gasteiger partial charge in [-0.15, -0.1) is 0 Å². The van der Waals surface area contributed by atoms with Crippen LogP contribution in [0.15, 0.2) is 46.9 Å². The maximum Gasteiger partial charge on any atom is 0.344 e. The number of hydrogen-bond donors (Lipinski definition) is 0. The van der Waals surface area contributed by atoms with Crippen molar-refractivity contribution in [2.75, 3.05) is 33.9 Å². The molecule has 0 bridgehead atoms. The smallest absolute Gasteiger partial charge is 0.344 e. The molecule has 0 unspecified atom stereocenters. The molecule has 6 heteroatoms. The molecule has 2 aromatic carbocycles. The molecule has 1 atom stereocenters. The van der Waals surface area contributed by atoms with Crippen molar-refractivity contribution in [2.45, 2.75) is 12.5 Å². The summed E-state index contributed by atoms with van der Waals surface area (Å²) < 4.78 is 17.5. The van der Waals surface area contributed by atoms with Crippen molar-refractivity contribution < 1.29 is 19.0 Å². The Kier molecular flexibility index (Phi) is 6.16. The Morgan fingerprint density at radius 1 is 1.23 bits per heavy atom. The molecule has 0 spiro atoms. The summed E-state index contributed by atoms with van der Waals surface area (Å²) in [7, 11) is 3.64. The van der Waals surface area contributed by atoms with Crippen LogP contribution in [0.25, 0.3) is 11.1 Å². The monoisotopic (exact) mass is 419 g/mol. The van der Waals surface area contributed by atoms with Gasteiger partial charge in [0.15, 0.2) is 6.61 Å². The summed E-state index contributed by atoms with van der Waals surface area (Å²) in [4.78, 5) is 14.3. The number of methoxy groups -OCH3 is 1. The molecule has 5 nitrogen and oxygen atoms in total. The van der Waals surface area contributed by atoms with Gasteiger partial charge in [0.05, 0.1) is 7.11 Å². The lowest BCUT2D eigenvalue weighted by atomic mass is 10.0. The maximum absolute atomic E-state index is 12.1. The summed E-state index contributed by atoms with van der Waals surface area (Å²) in [6.07, 6.45) is 0.821. The van der Waals surface area contributed by atoms with Crippen LogP contribution in [0.2, 0.25) is 0 Å². The Morgan fingerprint density at radius 3 is 2.73 bits per heavy atom. The summed E-state index contributed by atoms with van der Waals surface area (Å²) in [5, 5.41) is 0. The second-order valence-electron chi connectivity index (χ2n) is 6.29. The standard InChI is InChI=1S/C20H22BrNO4/c1-22-10-9-15(12-22)26-20(23)13-25-19-8-7-14(24-2)11-17(19)16-5-3-4-6-18(16)21/h3-8,11,15H,9-10,12-13H2,1-2H3/t15-/m1/s1. The van der Waals surface area contributed by atoms with Gasteiger partial charge in [-0.3, -0.25) is 0 Å². The van der Waals surface area contributed by atoms with Gasteiger partial charge in [-0.2, -0.15) is 0 Å². The normalized spacial score (nSPS) is 17.1. The van der Waals surface area contributed by atoms with Crippen LogP contribution in [0.1, 0.15) is 6.42 Å². The SMILES string of the molecule is COc1ccc(OCC(=O)O[C@@H]2CCN(C)C2)c(-c2ccccc2Br)c1. The van der Waals surface area contributed by atoms with E-state index in [2.05, 4.69) is 20.8 Å². The summed E-state index contributed by atoms with van der Waals surface area (Å²) in [5.41, 5.74) is 1.82. The second-order valence-corrected chi connectivity index (χ2v) is 7.15. The van der Waals surface area contributed by atoms with Crippen molar-refractivity contribution >= 4 is 21.9 Å². The van der Waals surface area contributed by atoms with Crippen LogP contribution in [-0.4, -0.2) is 50.8 Å². The molecule has 0 saturated carbocycles. The maximum atomic E-state index is 12.1. The molecule has 1 aliphatic heterocycles. The van der Waals surface area contributed by atoms with Crippen molar-refractivity contribution in [3.63, 3.8) is 0 Å². The highest BCUT2D eigenvalue weighted by Crippen LogP contribution is 2.37. The van der Waals surface area contributed by atoms with E-state index < -0.39 is 0 Å². The number of carbonyl (C=O) groups is 1. The van der Waals surface area contributed by atoms with E-state index in [1.165, 1.54) is 0 Å². The fourth-order valence-electron chi connectivity index (χ4n) is 3.00. The average molecular weight is 420 g/mol. The molecule has 3 rings (SSSR count). The topological polar surface area (TPSA) is 48.0 Å². The van der Waals surface area contributed by atoms with Gasteiger partial charge in [0, 0.05) is 23.1 Å². The zero-order chi connectivity index (χ0) is 18.5. The van der Waals surface area contributed by atoms with Gasteiger partial charge in [-0.1, -0.05) is 34.1 Å². The molecule has 26 heavy (non-hydrogen) atoms. The first kappa shape index (κ1) is 18.7. The summed E-state index contributed by atoms with van der Waals surface area (Å²) in [5.74, 6) is 0.983. The summed E-state index contributed by atoms with van der Waals surface area (Å²) >= 11 is 3.57. The minimum atomic E-state index is -0.348. The van der Waals surface area contributed by atoms with Gasteiger partial charge >= 0.3 is 5.97 Å². The van der Waals surface area contributed by atoms with Crippen molar-refractivity contribution in [1.82, 2.24) is 4.90 Å². The van der Waals surface area contributed by atoms with Crippen LogP contribution in [0.3, 0.4) is 0 Å². The zero-order valence-electron chi connectivity index (χ0n) is 14.9. The Hall–Kier alpha value is -2.05. The lowest BCUT2D eigenvalue weighted by molar-refractivity contribution is -0.150. The first-order chi connectivity index (χ1) is 12.6. The molecule has 1 saturated heterocycles. The van der Waals surface area contributed by atoms with E-state index in [-0.39, 0.29) is 18.7 Å². The van der Waals surface area contributed by atoms with Crippen molar-refractivity contribution in [1.29, 1.82) is 0 Å². The lowest BCUT2D eigenvalue weighted by Gasteiger charge is -2.15. The van der Waals surface area contributed by atoms with Gasteiger partial charge in [0.2, 0.25) is 0 Å². The highest BCUT2D eigenvalue weighted by Gasteiger charge is 2.23. The third-order valence-corrected chi connectivity index (χ3v) is 5.03. The van der Waals surface area contributed by atoms with Gasteiger partial charge < -0.3 is 19.1 Å². The molecule has 0 amide bonds. The fourth-order valence-corrected chi connectivity index (χ4v) is 3.50. The second kappa shape index (κ2) is 8.56. The summed E-state index contributed by atoms with van der Waals surface area (Å²) in [6, 6.07) is 13.4. The molecule has 0 aliphatic carbocycles. The van der Waals surface area contributed by atoms with Gasteiger partial charge in [0.25, 0.3) is 0 Å². The van der Waals surface area contributed by atoms with Crippen LogP contribution < -0.4 is 9.47 Å². The van der Waals surface area contributed by atoms with E-state index in [1.807, 2.05) is 49.5 Å². The third-order valence-electron chi connectivity index (χ3n) is 4.34. The van der Waals surface area contributed by atoms with E-state index in [4.69, 9.17) is 14.2 Å². The quantitative estimate of drug-likeness (QED) is 0.667. The van der Waals surface area contributed by atoms with E-state index in [0.29, 0.717) is 5.75 Å². The van der Waals surface area contributed by atoms with Crippen molar-refractivity contribution in [3.8, 4) is 22.6 Å². The minimum absolute atomic E-state index is 0.0466. The molecule has 1 heterocycles. The zero-order valence-corrected chi connectivity index (χ0v) is 16.5. The Labute approximate surface area is 162 Å². The highest BCUT2D eigenvalue weighted by atomic mass is 79.9. The number of halogens is 1. The van der Waals surface area contributed by atoms with E-state index in [0.717, 1.165) is 40.9 Å². The van der Waals surface area contributed by atoms with Gasteiger partial charge in [-0.05, 0) is 43.3 Å². The van der Waals surface area contributed by atoms with Crippen molar-refractivity contribution in [3.05, 3.63) is 46.9 Å². The van der Waals surface area contributed by atoms with Crippen LogP contribution in [0, 0.1) is 0 Å². The first-order valence-electron chi connectivity index (χ1n) is 8.50. The Morgan fingerprint density at radius 2 is 2.04 bits per heavy atom. The molecule has 1 aliphatic rings. The van der Waals surface area contributed by atoms with E-state index in [9.17, 15) is 4.79 Å². The van der Waals surface area contributed by atoms with Crippen LogP contribution in [0.4, 0.5) is 0 Å². The van der Waals surface area contributed by atoms with Crippen LogP contribution in [0.5, 0.6) is 11.5 Å². The van der Waals surface area contributed by atoms with Crippen LogP contribution >= 0.6 is 15.9 Å². The largest absolute Gasteiger partial charge is 0.497 e. The molecule has 1 fully saturated rings. The van der Waals surface area contributed by atoms with Gasteiger partial charge in [-0.25, -0.2) is 4.79 Å². The number of rotatable bonds is 6. The van der Waals surface area contributed by atoms with Gasteiger partial charge in [0.1, 0.15) is 17.6 Å². The Bertz CT molecular complexity index is 780. The summed E-state index contributed by atoms with van der Waals surface area (Å²) in [6.45, 7) is 1.60. The number of benzene rings is 2. The lowest BCUT2D eigenvalue weighted by Crippen LogP contribution is -2.25. The number of esters is 1. The predicted molar refractivity (Wildman–Crippen MR) is 104 cm³/mol. The molecule has 0 aromatic heterocycles. The highest BCUT2D eigenvalue weighted by molar-refractivity contribution is 9.10. The molecule has 2 aromatic rings. The predicted octanol–water partition coefficient (Wildman–Crippen LogP) is 3.75. The average Bonchev–Trinajstić information content (AvgIpc) is 3.05. The number of carbonyl (C=O) groups excluding carboxylic acids is 1. The third kappa shape index (κ3) is 4.56. The number of likely N-dealkylation sites (tertiary alicyclic amines) is 1. The minimum Gasteiger partial charge on any atom is -0.497 e. The molecule has 138 valence electrons. The molecular weight excluding hydrogens is 398 g/mol. The fraction of sp³-hybridized carbons (Fsp3) is 0.350. The van der Waals surface area contributed by atoms with E-state index >= 15 is 0 Å². The van der Waals surface area contributed by atoms with Crippen LogP contribution in [-0.2, 0) is 9.53 Å². The number of ether oxygens (including phenoxy) is 3. The number of hydrogen-bond acceptors (Lipinski definition) is 5.